The van der Waals surface area contributed by atoms with E-state index in [4.69, 9.17) is 23.2 Å². The van der Waals surface area contributed by atoms with Crippen LogP contribution >= 0.6 is 23.2 Å². The number of aromatic nitrogens is 2. The molecule has 0 radical (unpaired) electrons. The topological polar surface area (TPSA) is 29.9 Å². The summed E-state index contributed by atoms with van der Waals surface area (Å²) < 4.78 is 2.22. The average Bonchev–Trinajstić information content (AvgIpc) is 3.09. The maximum Gasteiger partial charge on any atom is 0.0951 e. The normalized spacial score (nSPS) is 14.8. The van der Waals surface area contributed by atoms with Gasteiger partial charge in [-0.1, -0.05) is 29.3 Å². The van der Waals surface area contributed by atoms with Gasteiger partial charge in [0.15, 0.2) is 0 Å². The Kier molecular flexibility index (Phi) is 3.18. The molecule has 1 N–H and O–H groups in total. The second-order valence-corrected chi connectivity index (χ2v) is 5.29. The summed E-state index contributed by atoms with van der Waals surface area (Å²) in [6, 6.07) is 6.12. The summed E-state index contributed by atoms with van der Waals surface area (Å²) in [5.74, 6) is 0. The molecule has 1 heterocycles. The minimum Gasteiger partial charge on any atom is -0.377 e. The van der Waals surface area contributed by atoms with Crippen LogP contribution in [0.25, 0.3) is 0 Å². The van der Waals surface area contributed by atoms with Crippen molar-refractivity contribution < 1.29 is 0 Å². The molecule has 0 spiro atoms. The smallest absolute Gasteiger partial charge is 0.0951 e. The molecule has 1 saturated carbocycles. The first-order chi connectivity index (χ1) is 8.75. The zero-order valence-electron chi connectivity index (χ0n) is 9.74. The van der Waals surface area contributed by atoms with Crippen molar-refractivity contribution >= 4 is 28.9 Å². The SMILES string of the molecule is Clc1cccc(Cl)c1NCc1cncn1C1CC1. The molecule has 5 heteroatoms. The first kappa shape index (κ1) is 11.9. The lowest BCUT2D eigenvalue weighted by atomic mass is 10.3. The van der Waals surface area contributed by atoms with Gasteiger partial charge in [0, 0.05) is 12.2 Å². The fourth-order valence-corrected chi connectivity index (χ4v) is 2.53. The highest BCUT2D eigenvalue weighted by Crippen LogP contribution is 2.36. The van der Waals surface area contributed by atoms with E-state index in [9.17, 15) is 0 Å². The zero-order valence-corrected chi connectivity index (χ0v) is 11.2. The van der Waals surface area contributed by atoms with Gasteiger partial charge < -0.3 is 9.88 Å². The summed E-state index contributed by atoms with van der Waals surface area (Å²) in [5.41, 5.74) is 1.94. The second kappa shape index (κ2) is 4.82. The van der Waals surface area contributed by atoms with Crippen LogP contribution in [0.4, 0.5) is 5.69 Å². The number of nitrogens with one attached hydrogen (secondary N) is 1. The summed E-state index contributed by atoms with van der Waals surface area (Å²) in [6.45, 7) is 0.681. The first-order valence-electron chi connectivity index (χ1n) is 5.94. The minimum atomic E-state index is 0.631. The summed E-state index contributed by atoms with van der Waals surface area (Å²) in [7, 11) is 0. The van der Waals surface area contributed by atoms with E-state index in [2.05, 4.69) is 14.9 Å². The number of hydrogen-bond donors (Lipinski definition) is 1. The van der Waals surface area contributed by atoms with Gasteiger partial charge in [-0.15, -0.1) is 0 Å². The molecule has 0 amide bonds. The number of hydrogen-bond acceptors (Lipinski definition) is 2. The van der Waals surface area contributed by atoms with Crippen molar-refractivity contribution in [3.05, 3.63) is 46.5 Å². The van der Waals surface area contributed by atoms with E-state index in [1.54, 1.807) is 0 Å². The molecule has 2 aromatic rings. The lowest BCUT2D eigenvalue weighted by Gasteiger charge is -2.11. The van der Waals surface area contributed by atoms with Crippen LogP contribution in [0, 0.1) is 0 Å². The van der Waals surface area contributed by atoms with Gasteiger partial charge in [-0.3, -0.25) is 0 Å². The molecule has 94 valence electrons. The van der Waals surface area contributed by atoms with Crippen molar-refractivity contribution in [1.82, 2.24) is 9.55 Å². The fourth-order valence-electron chi connectivity index (χ4n) is 2.00. The molecule has 1 aromatic carbocycles. The Morgan fingerprint density at radius 1 is 1.28 bits per heavy atom. The number of anilines is 1. The van der Waals surface area contributed by atoms with Crippen molar-refractivity contribution in [2.45, 2.75) is 25.4 Å². The molecule has 3 nitrogen and oxygen atoms in total. The van der Waals surface area contributed by atoms with Gasteiger partial charge in [0.2, 0.25) is 0 Å². The molecule has 0 unspecified atom stereocenters. The summed E-state index contributed by atoms with van der Waals surface area (Å²) in [4.78, 5) is 4.20. The molecule has 0 bridgehead atoms. The molecular weight excluding hydrogens is 269 g/mol. The molecule has 0 atom stereocenters. The average molecular weight is 282 g/mol. The highest BCUT2D eigenvalue weighted by molar-refractivity contribution is 6.39. The van der Waals surface area contributed by atoms with Gasteiger partial charge >= 0.3 is 0 Å². The Hall–Kier alpha value is -1.19. The van der Waals surface area contributed by atoms with Crippen molar-refractivity contribution in [3.8, 4) is 0 Å². The summed E-state index contributed by atoms with van der Waals surface area (Å²) >= 11 is 12.2. The number of benzene rings is 1. The number of rotatable bonds is 4. The van der Waals surface area contributed by atoms with Gasteiger partial charge in [0.25, 0.3) is 0 Å². The number of halogens is 2. The quantitative estimate of drug-likeness (QED) is 0.913. The minimum absolute atomic E-state index is 0.631. The predicted octanol–water partition coefficient (Wildman–Crippen LogP) is 4.14. The van der Waals surface area contributed by atoms with Crippen molar-refractivity contribution in [1.29, 1.82) is 0 Å². The van der Waals surface area contributed by atoms with Crippen LogP contribution in [-0.2, 0) is 6.54 Å². The molecule has 0 saturated heterocycles. The van der Waals surface area contributed by atoms with E-state index in [1.165, 1.54) is 12.8 Å². The standard InChI is InChI=1S/C13H13Cl2N3/c14-11-2-1-3-12(15)13(11)17-7-10-6-16-8-18(10)9-4-5-9/h1-3,6,8-9,17H,4-5,7H2. The third kappa shape index (κ3) is 2.33. The van der Waals surface area contributed by atoms with Crippen LogP contribution in [0.5, 0.6) is 0 Å². The van der Waals surface area contributed by atoms with Gasteiger partial charge in [-0.2, -0.15) is 0 Å². The molecule has 1 aliphatic carbocycles. The van der Waals surface area contributed by atoms with Gasteiger partial charge in [-0.25, -0.2) is 4.98 Å². The lowest BCUT2D eigenvalue weighted by molar-refractivity contribution is 0.701. The number of para-hydroxylation sites is 1. The number of nitrogens with zero attached hydrogens (tertiary/aromatic N) is 2. The largest absolute Gasteiger partial charge is 0.377 e. The Morgan fingerprint density at radius 2 is 2.00 bits per heavy atom. The second-order valence-electron chi connectivity index (χ2n) is 4.47. The lowest BCUT2D eigenvalue weighted by Crippen LogP contribution is -2.06. The van der Waals surface area contributed by atoms with Gasteiger partial charge in [0.05, 0.1) is 34.3 Å². The monoisotopic (exact) mass is 281 g/mol. The highest BCUT2D eigenvalue weighted by Gasteiger charge is 2.25. The summed E-state index contributed by atoms with van der Waals surface area (Å²) in [5, 5.41) is 4.56. The van der Waals surface area contributed by atoms with Gasteiger partial charge in [0.1, 0.15) is 0 Å². The maximum absolute atomic E-state index is 6.11. The zero-order chi connectivity index (χ0) is 12.5. The summed E-state index contributed by atoms with van der Waals surface area (Å²) in [6.07, 6.45) is 6.27. The predicted molar refractivity (Wildman–Crippen MR) is 74.3 cm³/mol. The van der Waals surface area contributed by atoms with Crippen LogP contribution in [0.3, 0.4) is 0 Å². The van der Waals surface area contributed by atoms with Crippen LogP contribution in [0.15, 0.2) is 30.7 Å². The maximum atomic E-state index is 6.11. The first-order valence-corrected chi connectivity index (χ1v) is 6.70. The van der Waals surface area contributed by atoms with E-state index < -0.39 is 0 Å². The van der Waals surface area contributed by atoms with Gasteiger partial charge in [-0.05, 0) is 25.0 Å². The van der Waals surface area contributed by atoms with Crippen LogP contribution < -0.4 is 5.32 Å². The van der Waals surface area contributed by atoms with Crippen LogP contribution in [-0.4, -0.2) is 9.55 Å². The van der Waals surface area contributed by atoms with Crippen LogP contribution in [0.2, 0.25) is 10.0 Å². The van der Waals surface area contributed by atoms with E-state index in [-0.39, 0.29) is 0 Å². The highest BCUT2D eigenvalue weighted by atomic mass is 35.5. The van der Waals surface area contributed by atoms with E-state index in [0.29, 0.717) is 22.6 Å². The Labute approximate surface area is 116 Å². The Bertz CT molecular complexity index is 541. The molecular formula is C13H13Cl2N3. The molecule has 0 aliphatic heterocycles. The van der Waals surface area contributed by atoms with Crippen LogP contribution in [0.1, 0.15) is 24.6 Å². The Balaban J connectivity index is 1.76. The molecule has 1 fully saturated rings. The third-order valence-corrected chi connectivity index (χ3v) is 3.73. The number of imidazole rings is 1. The van der Waals surface area contributed by atoms with Crippen molar-refractivity contribution in [2.75, 3.05) is 5.32 Å². The molecule has 3 rings (SSSR count). The van der Waals surface area contributed by atoms with E-state index >= 15 is 0 Å². The third-order valence-electron chi connectivity index (χ3n) is 3.10. The molecule has 1 aromatic heterocycles. The molecule has 1 aliphatic rings. The Morgan fingerprint density at radius 3 is 2.67 bits per heavy atom. The van der Waals surface area contributed by atoms with E-state index in [0.717, 1.165) is 11.4 Å². The van der Waals surface area contributed by atoms with Crippen molar-refractivity contribution in [3.63, 3.8) is 0 Å². The van der Waals surface area contributed by atoms with Crippen molar-refractivity contribution in [2.24, 2.45) is 0 Å². The fraction of sp³-hybridized carbons (Fsp3) is 0.308. The van der Waals surface area contributed by atoms with E-state index in [1.807, 2.05) is 30.7 Å². The molecule has 18 heavy (non-hydrogen) atoms.